The Hall–Kier alpha value is -1.78. The van der Waals surface area contributed by atoms with Crippen molar-refractivity contribution in [3.8, 4) is 0 Å². The Morgan fingerprint density at radius 2 is 1.90 bits per heavy atom. The first kappa shape index (κ1) is 14.6. The third-order valence-electron chi connectivity index (χ3n) is 3.62. The summed E-state index contributed by atoms with van der Waals surface area (Å²) in [5, 5.41) is 8.86. The molecule has 1 aliphatic rings. The predicted molar refractivity (Wildman–Crippen MR) is 73.8 cm³/mol. The van der Waals surface area contributed by atoms with Crippen molar-refractivity contribution in [2.75, 3.05) is 6.54 Å². The van der Waals surface area contributed by atoms with E-state index in [1.165, 1.54) is 12.1 Å². The Kier molecular flexibility index (Phi) is 4.47. The van der Waals surface area contributed by atoms with E-state index in [-0.39, 0.29) is 23.5 Å². The maximum Gasteiger partial charge on any atom is 0.371 e. The molecule has 0 aromatic carbocycles. The lowest BCUT2D eigenvalue weighted by molar-refractivity contribution is 0.0605. The quantitative estimate of drug-likeness (QED) is 0.899. The normalized spacial score (nSPS) is 15.8. The van der Waals surface area contributed by atoms with Gasteiger partial charge in [-0.1, -0.05) is 26.7 Å². The van der Waals surface area contributed by atoms with Crippen molar-refractivity contribution in [1.82, 2.24) is 4.90 Å². The maximum absolute atomic E-state index is 12.5. The predicted octanol–water partition coefficient (Wildman–Crippen LogP) is 3.02. The molecule has 20 heavy (non-hydrogen) atoms. The summed E-state index contributed by atoms with van der Waals surface area (Å²) in [6.07, 6.45) is 4.33. The molecule has 1 aromatic heterocycles. The van der Waals surface area contributed by atoms with E-state index < -0.39 is 5.97 Å². The highest BCUT2D eigenvalue weighted by atomic mass is 16.4. The van der Waals surface area contributed by atoms with Gasteiger partial charge in [-0.2, -0.15) is 0 Å². The van der Waals surface area contributed by atoms with Crippen molar-refractivity contribution >= 4 is 11.9 Å². The number of aromatic carboxylic acids is 1. The lowest BCUT2D eigenvalue weighted by atomic mass is 10.1. The Morgan fingerprint density at radius 1 is 1.30 bits per heavy atom. The number of carboxylic acids is 1. The van der Waals surface area contributed by atoms with Gasteiger partial charge in [-0.15, -0.1) is 0 Å². The lowest BCUT2D eigenvalue weighted by Crippen LogP contribution is -2.41. The van der Waals surface area contributed by atoms with Crippen LogP contribution in [0, 0.1) is 5.92 Å². The largest absolute Gasteiger partial charge is 0.475 e. The third-order valence-corrected chi connectivity index (χ3v) is 3.62. The van der Waals surface area contributed by atoms with Crippen LogP contribution >= 0.6 is 0 Å². The monoisotopic (exact) mass is 279 g/mol. The second-order valence-corrected chi connectivity index (χ2v) is 5.76. The fourth-order valence-electron chi connectivity index (χ4n) is 2.72. The standard InChI is InChI=1S/C15H21NO4/c1-10(2)9-16(11-5-3-4-6-11)14(17)12-7-8-13(20-12)15(18)19/h7-8,10-11H,3-6,9H2,1-2H3,(H,18,19). The Bertz CT molecular complexity index is 486. The first-order chi connectivity index (χ1) is 9.49. The minimum atomic E-state index is -1.15. The van der Waals surface area contributed by atoms with E-state index in [4.69, 9.17) is 9.52 Å². The highest BCUT2D eigenvalue weighted by Crippen LogP contribution is 2.26. The minimum absolute atomic E-state index is 0.120. The van der Waals surface area contributed by atoms with Crippen LogP contribution in [0.25, 0.3) is 0 Å². The molecular formula is C15H21NO4. The van der Waals surface area contributed by atoms with E-state index in [1.54, 1.807) is 0 Å². The summed E-state index contributed by atoms with van der Waals surface area (Å²) in [6.45, 7) is 4.81. The summed E-state index contributed by atoms with van der Waals surface area (Å²) in [5.41, 5.74) is 0. The molecule has 1 amide bonds. The summed E-state index contributed by atoms with van der Waals surface area (Å²) in [7, 11) is 0. The fourth-order valence-corrected chi connectivity index (χ4v) is 2.72. The number of carboxylic acid groups (broad SMARTS) is 1. The van der Waals surface area contributed by atoms with Crippen molar-refractivity contribution < 1.29 is 19.1 Å². The molecule has 0 spiro atoms. The van der Waals surface area contributed by atoms with Gasteiger partial charge in [-0.3, -0.25) is 4.79 Å². The van der Waals surface area contributed by atoms with Crippen molar-refractivity contribution in [2.24, 2.45) is 5.92 Å². The molecule has 0 aliphatic heterocycles. The van der Waals surface area contributed by atoms with Crippen molar-refractivity contribution in [2.45, 2.75) is 45.6 Å². The van der Waals surface area contributed by atoms with Crippen LogP contribution in [0.1, 0.15) is 60.6 Å². The smallest absolute Gasteiger partial charge is 0.371 e. The topological polar surface area (TPSA) is 70.8 Å². The zero-order valence-corrected chi connectivity index (χ0v) is 12.0. The highest BCUT2D eigenvalue weighted by molar-refractivity contribution is 5.93. The van der Waals surface area contributed by atoms with E-state index in [1.807, 2.05) is 4.90 Å². The molecule has 5 heteroatoms. The SMILES string of the molecule is CC(C)CN(C(=O)c1ccc(C(=O)O)o1)C1CCCC1. The molecule has 1 aromatic rings. The van der Waals surface area contributed by atoms with Crippen molar-refractivity contribution in [1.29, 1.82) is 0 Å². The molecule has 0 saturated heterocycles. The van der Waals surface area contributed by atoms with E-state index in [0.717, 1.165) is 25.7 Å². The van der Waals surface area contributed by atoms with E-state index >= 15 is 0 Å². The summed E-state index contributed by atoms with van der Waals surface area (Å²) in [5.74, 6) is -1.05. The zero-order valence-electron chi connectivity index (χ0n) is 12.0. The van der Waals surface area contributed by atoms with Crippen LogP contribution < -0.4 is 0 Å². The minimum Gasteiger partial charge on any atom is -0.475 e. The summed E-state index contributed by atoms with van der Waals surface area (Å²) in [6, 6.07) is 3.04. The van der Waals surface area contributed by atoms with Crippen molar-refractivity contribution in [3.63, 3.8) is 0 Å². The van der Waals surface area contributed by atoms with Crippen LogP contribution in [0.3, 0.4) is 0 Å². The summed E-state index contributed by atoms with van der Waals surface area (Å²) < 4.78 is 5.14. The molecule has 110 valence electrons. The van der Waals surface area contributed by atoms with E-state index in [2.05, 4.69) is 13.8 Å². The number of nitrogens with zero attached hydrogens (tertiary/aromatic N) is 1. The average Bonchev–Trinajstić information content (AvgIpc) is 3.05. The summed E-state index contributed by atoms with van der Waals surface area (Å²) in [4.78, 5) is 25.2. The van der Waals surface area contributed by atoms with Crippen molar-refractivity contribution in [3.05, 3.63) is 23.7 Å². The van der Waals surface area contributed by atoms with E-state index in [0.29, 0.717) is 12.5 Å². The number of carbonyl (C=O) groups excluding carboxylic acids is 1. The second-order valence-electron chi connectivity index (χ2n) is 5.76. The molecule has 5 nitrogen and oxygen atoms in total. The number of rotatable bonds is 5. The van der Waals surface area contributed by atoms with Gasteiger partial charge in [0.05, 0.1) is 0 Å². The zero-order chi connectivity index (χ0) is 14.7. The van der Waals surface area contributed by atoms with Gasteiger partial charge >= 0.3 is 5.97 Å². The van der Waals surface area contributed by atoms with E-state index in [9.17, 15) is 9.59 Å². The number of hydrogen-bond donors (Lipinski definition) is 1. The van der Waals surface area contributed by atoms with Gasteiger partial charge < -0.3 is 14.4 Å². The molecule has 1 aliphatic carbocycles. The number of carbonyl (C=O) groups is 2. The van der Waals surface area contributed by atoms with Gasteiger partial charge in [0, 0.05) is 12.6 Å². The van der Waals surface area contributed by atoms with Crippen LogP contribution in [0.5, 0.6) is 0 Å². The molecule has 1 fully saturated rings. The van der Waals surface area contributed by atoms with Gasteiger partial charge in [0.1, 0.15) is 0 Å². The van der Waals surface area contributed by atoms with Crippen LogP contribution in [-0.2, 0) is 0 Å². The van der Waals surface area contributed by atoms with Gasteiger partial charge in [0.25, 0.3) is 5.91 Å². The molecule has 0 bridgehead atoms. The molecule has 2 rings (SSSR count). The van der Waals surface area contributed by atoms with Gasteiger partial charge in [-0.25, -0.2) is 4.79 Å². The van der Waals surface area contributed by atoms with Gasteiger partial charge in [0.15, 0.2) is 5.76 Å². The number of furan rings is 1. The molecule has 1 saturated carbocycles. The first-order valence-corrected chi connectivity index (χ1v) is 7.13. The molecule has 1 heterocycles. The molecule has 0 atom stereocenters. The Labute approximate surface area is 118 Å². The number of amides is 1. The lowest BCUT2D eigenvalue weighted by Gasteiger charge is -2.29. The molecule has 0 unspecified atom stereocenters. The number of hydrogen-bond acceptors (Lipinski definition) is 3. The summed E-state index contributed by atoms with van der Waals surface area (Å²) >= 11 is 0. The highest BCUT2D eigenvalue weighted by Gasteiger charge is 2.29. The fraction of sp³-hybridized carbons (Fsp3) is 0.600. The van der Waals surface area contributed by atoms with Crippen LogP contribution in [0.15, 0.2) is 16.5 Å². The van der Waals surface area contributed by atoms with Crippen LogP contribution in [-0.4, -0.2) is 34.5 Å². The second kappa shape index (κ2) is 6.11. The van der Waals surface area contributed by atoms with Gasteiger partial charge in [-0.05, 0) is 30.9 Å². The Morgan fingerprint density at radius 3 is 2.40 bits per heavy atom. The molecular weight excluding hydrogens is 258 g/mol. The third kappa shape index (κ3) is 3.21. The Balaban J connectivity index is 2.17. The molecule has 0 radical (unpaired) electrons. The average molecular weight is 279 g/mol. The first-order valence-electron chi connectivity index (χ1n) is 7.13. The van der Waals surface area contributed by atoms with Crippen LogP contribution in [0.2, 0.25) is 0 Å². The van der Waals surface area contributed by atoms with Crippen LogP contribution in [0.4, 0.5) is 0 Å². The maximum atomic E-state index is 12.5. The van der Waals surface area contributed by atoms with Gasteiger partial charge in [0.2, 0.25) is 5.76 Å². The molecule has 1 N–H and O–H groups in total.